The third-order valence-corrected chi connectivity index (χ3v) is 4.30. The Morgan fingerprint density at radius 1 is 1.00 bits per heavy atom. The summed E-state index contributed by atoms with van der Waals surface area (Å²) in [5.41, 5.74) is 5.78. The van der Waals surface area contributed by atoms with Gasteiger partial charge in [0, 0.05) is 23.9 Å². The molecule has 25 heavy (non-hydrogen) atoms. The normalized spacial score (nSPS) is 14.2. The van der Waals surface area contributed by atoms with E-state index in [2.05, 4.69) is 51.2 Å². The van der Waals surface area contributed by atoms with Gasteiger partial charge in [0.1, 0.15) is 5.82 Å². The summed E-state index contributed by atoms with van der Waals surface area (Å²) >= 11 is 0. The van der Waals surface area contributed by atoms with Gasteiger partial charge in [-0.05, 0) is 49.2 Å². The van der Waals surface area contributed by atoms with Crippen molar-refractivity contribution in [2.75, 3.05) is 18.4 Å². The smallest absolute Gasteiger partial charge is 0.153 e. The average Bonchev–Trinajstić information content (AvgIpc) is 3.07. The van der Waals surface area contributed by atoms with Crippen LogP contribution >= 0.6 is 0 Å². The summed E-state index contributed by atoms with van der Waals surface area (Å²) in [6, 6.07) is 16.6. The molecule has 0 atom stereocenters. The van der Waals surface area contributed by atoms with Gasteiger partial charge in [-0.1, -0.05) is 30.3 Å². The fourth-order valence-corrected chi connectivity index (χ4v) is 3.04. The van der Waals surface area contributed by atoms with Crippen LogP contribution in [0.25, 0.3) is 16.8 Å². The molecule has 5 heteroatoms. The van der Waals surface area contributed by atoms with E-state index in [0.717, 1.165) is 48.1 Å². The van der Waals surface area contributed by atoms with Gasteiger partial charge in [0.15, 0.2) is 5.82 Å². The number of anilines is 2. The Hall–Kier alpha value is -2.92. The highest BCUT2D eigenvalue weighted by molar-refractivity contribution is 5.72. The van der Waals surface area contributed by atoms with Gasteiger partial charge in [0.2, 0.25) is 0 Å². The molecule has 0 saturated carbocycles. The number of nitrogens with zero attached hydrogens (tertiary/aromatic N) is 2. The molecular weight excluding hydrogens is 310 g/mol. The number of benzene rings is 1. The Kier molecular flexibility index (Phi) is 4.31. The van der Waals surface area contributed by atoms with Crippen molar-refractivity contribution in [1.82, 2.24) is 20.5 Å². The zero-order valence-electron chi connectivity index (χ0n) is 14.2. The van der Waals surface area contributed by atoms with Crippen LogP contribution in [0.4, 0.5) is 11.6 Å². The van der Waals surface area contributed by atoms with Crippen LogP contribution < -0.4 is 10.6 Å². The van der Waals surface area contributed by atoms with Crippen LogP contribution in [-0.4, -0.2) is 28.3 Å². The number of rotatable bonds is 4. The predicted molar refractivity (Wildman–Crippen MR) is 102 cm³/mol. The molecule has 1 aromatic carbocycles. The van der Waals surface area contributed by atoms with Gasteiger partial charge in [0.25, 0.3) is 0 Å². The lowest BCUT2D eigenvalue weighted by Gasteiger charge is -2.15. The summed E-state index contributed by atoms with van der Waals surface area (Å²) in [6.45, 7) is 3.96. The summed E-state index contributed by atoms with van der Waals surface area (Å²) in [4.78, 5) is 4.74. The van der Waals surface area contributed by atoms with Crippen molar-refractivity contribution >= 4 is 17.2 Å². The van der Waals surface area contributed by atoms with E-state index < -0.39 is 0 Å². The first kappa shape index (κ1) is 15.6. The Balaban J connectivity index is 1.61. The third kappa shape index (κ3) is 3.61. The summed E-state index contributed by atoms with van der Waals surface area (Å²) in [5, 5.41) is 13.7. The fourth-order valence-electron chi connectivity index (χ4n) is 3.04. The van der Waals surface area contributed by atoms with E-state index in [9.17, 15) is 0 Å². The Labute approximate surface area is 147 Å². The molecule has 1 aliphatic heterocycles. The van der Waals surface area contributed by atoms with Crippen molar-refractivity contribution in [3.8, 4) is 11.3 Å². The van der Waals surface area contributed by atoms with E-state index in [1.807, 2.05) is 31.2 Å². The summed E-state index contributed by atoms with van der Waals surface area (Å²) in [5.74, 6) is 1.56. The Morgan fingerprint density at radius 2 is 1.88 bits per heavy atom. The number of pyridine rings is 1. The molecule has 1 aliphatic rings. The van der Waals surface area contributed by atoms with E-state index in [4.69, 9.17) is 4.98 Å². The molecule has 0 aliphatic carbocycles. The number of H-pyrrole nitrogens is 1. The second-order valence-corrected chi connectivity index (χ2v) is 6.23. The lowest BCUT2D eigenvalue weighted by Crippen LogP contribution is -2.19. The quantitative estimate of drug-likeness (QED) is 0.678. The minimum Gasteiger partial charge on any atom is -0.323 e. The number of hydrogen-bond donors (Lipinski definition) is 3. The van der Waals surface area contributed by atoms with Crippen molar-refractivity contribution in [3.63, 3.8) is 0 Å². The van der Waals surface area contributed by atoms with Crippen molar-refractivity contribution in [3.05, 3.63) is 65.9 Å². The monoisotopic (exact) mass is 331 g/mol. The van der Waals surface area contributed by atoms with Crippen LogP contribution in [-0.2, 0) is 0 Å². The summed E-state index contributed by atoms with van der Waals surface area (Å²) in [6.07, 6.45) is 3.34. The lowest BCUT2D eigenvalue weighted by atomic mass is 9.97. The molecule has 5 nitrogen and oxygen atoms in total. The van der Waals surface area contributed by atoms with E-state index in [1.54, 1.807) is 0 Å². The molecule has 0 bridgehead atoms. The standard InChI is InChI=1S/C20H21N5/c1-14-12-20(25-24-14)23-19-7-3-6-18(22-19)17-5-2-4-16(13-17)15-8-10-21-11-9-15/h2-8,12-13,21H,9-11H2,1H3,(H2,22,23,24,25). The molecule has 3 aromatic rings. The van der Waals surface area contributed by atoms with Crippen molar-refractivity contribution in [2.45, 2.75) is 13.3 Å². The maximum absolute atomic E-state index is 4.74. The van der Waals surface area contributed by atoms with E-state index >= 15 is 0 Å². The van der Waals surface area contributed by atoms with Gasteiger partial charge in [0.05, 0.1) is 5.69 Å². The average molecular weight is 331 g/mol. The largest absolute Gasteiger partial charge is 0.323 e. The molecule has 3 heterocycles. The molecule has 126 valence electrons. The van der Waals surface area contributed by atoms with Crippen LogP contribution in [0.5, 0.6) is 0 Å². The lowest BCUT2D eigenvalue weighted by molar-refractivity contribution is 0.738. The van der Waals surface area contributed by atoms with E-state index in [-0.39, 0.29) is 0 Å². The maximum atomic E-state index is 4.74. The van der Waals surface area contributed by atoms with Crippen LogP contribution in [0.3, 0.4) is 0 Å². The van der Waals surface area contributed by atoms with Crippen LogP contribution in [0.15, 0.2) is 54.6 Å². The number of aromatic amines is 1. The predicted octanol–water partition coefficient (Wildman–Crippen LogP) is 3.90. The molecule has 0 unspecified atom stereocenters. The SMILES string of the molecule is Cc1cc(Nc2cccc(-c3cccc(C4=CCNCC4)c3)n2)n[nH]1. The minimum atomic E-state index is 0.774. The first-order valence-corrected chi connectivity index (χ1v) is 8.54. The zero-order chi connectivity index (χ0) is 17.1. The Morgan fingerprint density at radius 3 is 2.68 bits per heavy atom. The Bertz CT molecular complexity index is 910. The summed E-state index contributed by atoms with van der Waals surface area (Å²) < 4.78 is 0. The van der Waals surface area contributed by atoms with Crippen LogP contribution in [0, 0.1) is 6.92 Å². The van der Waals surface area contributed by atoms with Gasteiger partial charge in [-0.3, -0.25) is 5.10 Å². The van der Waals surface area contributed by atoms with Crippen molar-refractivity contribution in [1.29, 1.82) is 0 Å². The highest BCUT2D eigenvalue weighted by atomic mass is 15.2. The van der Waals surface area contributed by atoms with Crippen LogP contribution in [0.2, 0.25) is 0 Å². The third-order valence-electron chi connectivity index (χ3n) is 4.30. The first-order chi connectivity index (χ1) is 12.3. The molecule has 0 fully saturated rings. The van der Waals surface area contributed by atoms with Crippen LogP contribution in [0.1, 0.15) is 17.7 Å². The molecular formula is C20H21N5. The maximum Gasteiger partial charge on any atom is 0.153 e. The molecule has 0 radical (unpaired) electrons. The molecule has 0 saturated heterocycles. The molecule has 0 spiro atoms. The number of hydrogen-bond acceptors (Lipinski definition) is 4. The van der Waals surface area contributed by atoms with Gasteiger partial charge >= 0.3 is 0 Å². The second-order valence-electron chi connectivity index (χ2n) is 6.23. The van der Waals surface area contributed by atoms with Gasteiger partial charge < -0.3 is 10.6 Å². The topological polar surface area (TPSA) is 65.6 Å². The van der Waals surface area contributed by atoms with E-state index in [1.165, 1.54) is 11.1 Å². The molecule has 4 rings (SSSR count). The van der Waals surface area contributed by atoms with Gasteiger partial charge in [-0.25, -0.2) is 4.98 Å². The van der Waals surface area contributed by atoms with Gasteiger partial charge in [-0.2, -0.15) is 5.10 Å². The molecule has 0 amide bonds. The minimum absolute atomic E-state index is 0.774. The number of aryl methyl sites for hydroxylation is 1. The first-order valence-electron chi connectivity index (χ1n) is 8.54. The number of nitrogens with one attached hydrogen (secondary N) is 3. The fraction of sp³-hybridized carbons (Fsp3) is 0.200. The zero-order valence-corrected chi connectivity index (χ0v) is 14.2. The number of aromatic nitrogens is 3. The van der Waals surface area contributed by atoms with Crippen molar-refractivity contribution < 1.29 is 0 Å². The molecule has 2 aromatic heterocycles. The second kappa shape index (κ2) is 6.91. The highest BCUT2D eigenvalue weighted by Gasteiger charge is 2.08. The van der Waals surface area contributed by atoms with Gasteiger partial charge in [-0.15, -0.1) is 0 Å². The summed E-state index contributed by atoms with van der Waals surface area (Å²) in [7, 11) is 0. The molecule has 3 N–H and O–H groups in total. The van der Waals surface area contributed by atoms with Crippen molar-refractivity contribution in [2.24, 2.45) is 0 Å². The highest BCUT2D eigenvalue weighted by Crippen LogP contribution is 2.26. The van der Waals surface area contributed by atoms with E-state index in [0.29, 0.717) is 0 Å².